The van der Waals surface area contributed by atoms with Crippen LogP contribution in [0.3, 0.4) is 0 Å². The first-order chi connectivity index (χ1) is 15.8. The Bertz CT molecular complexity index is 1160. The van der Waals surface area contributed by atoms with Gasteiger partial charge in [0.05, 0.1) is 29.3 Å². The Morgan fingerprint density at radius 1 is 1.09 bits per heavy atom. The molecule has 1 amide bonds. The van der Waals surface area contributed by atoms with E-state index in [9.17, 15) is 4.79 Å². The molecule has 0 spiro atoms. The van der Waals surface area contributed by atoms with Gasteiger partial charge in [0.25, 0.3) is 11.9 Å². The Balaban J connectivity index is 1.35. The first-order valence-electron chi connectivity index (χ1n) is 11.7. The molecule has 1 atom stereocenters. The van der Waals surface area contributed by atoms with Gasteiger partial charge in [-0.15, -0.1) is 0 Å². The smallest absolute Gasteiger partial charge is 0.254 e. The van der Waals surface area contributed by atoms with Crippen LogP contribution >= 0.6 is 0 Å². The molecule has 0 unspecified atom stereocenters. The molecule has 7 heteroatoms. The number of ether oxygens (including phenoxy) is 1. The van der Waals surface area contributed by atoms with Gasteiger partial charge in [0, 0.05) is 30.8 Å². The molecule has 2 aliphatic carbocycles. The molecule has 1 aromatic carbocycles. The third-order valence-electron chi connectivity index (χ3n) is 6.74. The van der Waals surface area contributed by atoms with E-state index in [4.69, 9.17) is 9.72 Å². The van der Waals surface area contributed by atoms with Crippen LogP contribution in [0.2, 0.25) is 0 Å². The minimum absolute atomic E-state index is 0.0891. The van der Waals surface area contributed by atoms with Crippen LogP contribution in [-0.4, -0.2) is 44.9 Å². The van der Waals surface area contributed by atoms with Crippen LogP contribution in [0.25, 0.3) is 17.2 Å². The van der Waals surface area contributed by atoms with Crippen LogP contribution in [0, 0.1) is 0 Å². The number of amides is 1. The maximum absolute atomic E-state index is 13.0. The third-order valence-corrected chi connectivity index (χ3v) is 6.74. The number of aromatic nitrogens is 4. The zero-order chi connectivity index (χ0) is 21.5. The van der Waals surface area contributed by atoms with Gasteiger partial charge in [-0.1, -0.05) is 24.3 Å². The predicted molar refractivity (Wildman–Crippen MR) is 120 cm³/mol. The quantitative estimate of drug-likeness (QED) is 0.670. The number of nitrogens with zero attached hydrogens (tertiary/aromatic N) is 4. The van der Waals surface area contributed by atoms with E-state index in [0.717, 1.165) is 62.9 Å². The largest absolute Gasteiger partial charge is 0.376 e. The number of carbonyl (C=O) groups excluding carboxylic acids is 1. The molecule has 2 fully saturated rings. The second-order valence-electron chi connectivity index (χ2n) is 9.03. The van der Waals surface area contributed by atoms with E-state index in [0.29, 0.717) is 24.0 Å². The van der Waals surface area contributed by atoms with Crippen LogP contribution in [0.1, 0.15) is 65.2 Å². The van der Waals surface area contributed by atoms with Crippen molar-refractivity contribution in [2.24, 2.45) is 0 Å². The summed E-state index contributed by atoms with van der Waals surface area (Å²) >= 11 is 0. The summed E-state index contributed by atoms with van der Waals surface area (Å²) in [6.45, 7) is 1.32. The van der Waals surface area contributed by atoms with Crippen molar-refractivity contribution in [1.82, 2.24) is 25.1 Å². The van der Waals surface area contributed by atoms with Gasteiger partial charge in [0.2, 0.25) is 0 Å². The molecule has 0 radical (unpaired) electrons. The molecule has 3 aliphatic rings. The van der Waals surface area contributed by atoms with Gasteiger partial charge < -0.3 is 10.1 Å². The van der Waals surface area contributed by atoms with Crippen molar-refractivity contribution in [2.45, 2.75) is 57.0 Å². The number of nitrogens with one attached hydrogen (secondary N) is 1. The average Bonchev–Trinajstić information content (AvgIpc) is 3.39. The molecule has 1 aliphatic heterocycles. The fourth-order valence-electron chi connectivity index (χ4n) is 4.90. The minimum Gasteiger partial charge on any atom is -0.376 e. The number of rotatable bonds is 5. The highest BCUT2D eigenvalue weighted by Crippen LogP contribution is 2.42. The molecule has 32 heavy (non-hydrogen) atoms. The van der Waals surface area contributed by atoms with Gasteiger partial charge in [-0.25, -0.2) is 14.6 Å². The summed E-state index contributed by atoms with van der Waals surface area (Å²) in [4.78, 5) is 22.6. The molecule has 3 aromatic rings. The molecular weight excluding hydrogens is 402 g/mol. The summed E-state index contributed by atoms with van der Waals surface area (Å²) in [5.41, 5.74) is 6.23. The number of hydrogen-bond donors (Lipinski definition) is 1. The normalized spacial score (nSPS) is 19.8. The summed E-state index contributed by atoms with van der Waals surface area (Å²) in [7, 11) is 0. The molecule has 1 saturated carbocycles. The zero-order valence-corrected chi connectivity index (χ0v) is 18.1. The lowest BCUT2D eigenvalue weighted by molar-refractivity contribution is 0.0857. The van der Waals surface area contributed by atoms with E-state index in [1.165, 1.54) is 16.7 Å². The fraction of sp³-hybridized carbons (Fsp3) is 0.440. The van der Waals surface area contributed by atoms with Crippen LogP contribution in [0.15, 0.2) is 36.7 Å². The highest BCUT2D eigenvalue weighted by Gasteiger charge is 2.34. The van der Waals surface area contributed by atoms with E-state index in [1.807, 2.05) is 6.20 Å². The summed E-state index contributed by atoms with van der Waals surface area (Å²) in [5.74, 6) is 0.782. The lowest BCUT2D eigenvalue weighted by Gasteiger charge is -2.13. The number of fused-ring (bicyclic) bond motifs is 3. The van der Waals surface area contributed by atoms with E-state index in [-0.39, 0.29) is 12.0 Å². The first-order valence-corrected chi connectivity index (χ1v) is 11.7. The van der Waals surface area contributed by atoms with Crippen LogP contribution < -0.4 is 5.32 Å². The number of carbonyl (C=O) groups is 1. The molecule has 7 nitrogen and oxygen atoms in total. The zero-order valence-electron chi connectivity index (χ0n) is 18.1. The van der Waals surface area contributed by atoms with Crippen molar-refractivity contribution in [3.8, 4) is 17.2 Å². The van der Waals surface area contributed by atoms with Crippen LogP contribution in [0.4, 0.5) is 0 Å². The van der Waals surface area contributed by atoms with E-state index >= 15 is 0 Å². The van der Waals surface area contributed by atoms with Crippen molar-refractivity contribution in [3.63, 3.8) is 0 Å². The van der Waals surface area contributed by atoms with Gasteiger partial charge in [-0.2, -0.15) is 5.10 Å². The number of benzene rings is 1. The summed E-state index contributed by atoms with van der Waals surface area (Å²) in [5, 5.41) is 7.62. The van der Waals surface area contributed by atoms with Crippen molar-refractivity contribution in [2.75, 3.05) is 13.2 Å². The molecule has 3 heterocycles. The monoisotopic (exact) mass is 429 g/mol. The Morgan fingerprint density at radius 3 is 2.81 bits per heavy atom. The van der Waals surface area contributed by atoms with Crippen molar-refractivity contribution < 1.29 is 9.53 Å². The Kier molecular flexibility index (Phi) is 4.98. The molecule has 0 bridgehead atoms. The average molecular weight is 430 g/mol. The SMILES string of the molecule is O=C(NC[C@H]1CCCO1)c1cnn(-c2ncc3c(n2)-c2ccccc2CCC3)c1C1CC1. The van der Waals surface area contributed by atoms with Gasteiger partial charge in [0.1, 0.15) is 0 Å². The second kappa shape index (κ2) is 8.13. The fourth-order valence-corrected chi connectivity index (χ4v) is 4.90. The van der Waals surface area contributed by atoms with Gasteiger partial charge in [0.15, 0.2) is 0 Å². The molecule has 164 valence electrons. The maximum atomic E-state index is 13.0. The van der Waals surface area contributed by atoms with Crippen molar-refractivity contribution in [1.29, 1.82) is 0 Å². The highest BCUT2D eigenvalue weighted by molar-refractivity contribution is 5.95. The lowest BCUT2D eigenvalue weighted by atomic mass is 10.0. The lowest BCUT2D eigenvalue weighted by Crippen LogP contribution is -2.32. The van der Waals surface area contributed by atoms with Crippen molar-refractivity contribution in [3.05, 3.63) is 59.0 Å². The van der Waals surface area contributed by atoms with E-state index in [2.05, 4.69) is 39.7 Å². The van der Waals surface area contributed by atoms with Gasteiger partial charge in [-0.3, -0.25) is 4.79 Å². The third kappa shape index (κ3) is 3.60. The predicted octanol–water partition coefficient (Wildman–Crippen LogP) is 3.60. The molecule has 1 N–H and O–H groups in total. The molecule has 2 aromatic heterocycles. The highest BCUT2D eigenvalue weighted by atomic mass is 16.5. The van der Waals surface area contributed by atoms with Crippen molar-refractivity contribution >= 4 is 5.91 Å². The summed E-state index contributed by atoms with van der Waals surface area (Å²) in [6.07, 6.45) is 11.0. The van der Waals surface area contributed by atoms with Gasteiger partial charge >= 0.3 is 0 Å². The first kappa shape index (κ1) is 19.6. The molecule has 1 saturated heterocycles. The van der Waals surface area contributed by atoms with Crippen LogP contribution in [-0.2, 0) is 17.6 Å². The van der Waals surface area contributed by atoms with Crippen LogP contribution in [0.5, 0.6) is 0 Å². The Hall–Kier alpha value is -3.06. The summed E-state index contributed by atoms with van der Waals surface area (Å²) < 4.78 is 7.42. The topological polar surface area (TPSA) is 81.9 Å². The van der Waals surface area contributed by atoms with E-state index < -0.39 is 0 Å². The minimum atomic E-state index is -0.0891. The second-order valence-corrected chi connectivity index (χ2v) is 9.03. The number of aryl methyl sites for hydroxylation is 2. The Labute approximate surface area is 187 Å². The summed E-state index contributed by atoms with van der Waals surface area (Å²) in [6, 6.07) is 8.49. The molecular formula is C25H27N5O2. The Morgan fingerprint density at radius 2 is 1.97 bits per heavy atom. The van der Waals surface area contributed by atoms with E-state index in [1.54, 1.807) is 10.9 Å². The maximum Gasteiger partial charge on any atom is 0.254 e. The molecule has 6 rings (SSSR count). The van der Waals surface area contributed by atoms with Gasteiger partial charge in [-0.05, 0) is 56.1 Å². The number of hydrogen-bond acceptors (Lipinski definition) is 5. The standard InChI is InChI=1S/C25H27N5O2/c31-24(26-14-19-8-4-12-32-19)21-15-28-30(23(21)17-10-11-17)25-27-13-18-7-3-6-16-5-1-2-9-20(16)22(18)29-25/h1-2,5,9,13,15,17,19H,3-4,6-8,10-12,14H2,(H,26,31)/t19-/m1/s1.